The summed E-state index contributed by atoms with van der Waals surface area (Å²) in [5.41, 5.74) is 1.20. The number of piperidine rings is 1. The van der Waals surface area contributed by atoms with Gasteiger partial charge in [-0.05, 0) is 42.7 Å². The number of hydrogen-bond acceptors (Lipinski definition) is 4. The van der Waals surface area contributed by atoms with Crippen molar-refractivity contribution in [3.63, 3.8) is 0 Å². The molecule has 2 heterocycles. The highest BCUT2D eigenvalue weighted by Crippen LogP contribution is 2.18. The summed E-state index contributed by atoms with van der Waals surface area (Å²) in [5.74, 6) is -0.304. The molecule has 0 amide bonds. The van der Waals surface area contributed by atoms with E-state index in [1.165, 1.54) is 12.1 Å². The largest absolute Gasteiger partial charge is 0.367 e. The molecule has 2 aromatic rings. The molecule has 1 saturated heterocycles. The molecule has 4 nitrogen and oxygen atoms in total. The van der Waals surface area contributed by atoms with Crippen molar-refractivity contribution in [1.29, 1.82) is 5.26 Å². The van der Waals surface area contributed by atoms with Crippen molar-refractivity contribution in [2.45, 2.75) is 25.4 Å². The van der Waals surface area contributed by atoms with Crippen LogP contribution in [-0.4, -0.2) is 29.0 Å². The van der Waals surface area contributed by atoms with Crippen LogP contribution in [0.2, 0.25) is 0 Å². The zero-order chi connectivity index (χ0) is 16.9. The number of nitriles is 1. The van der Waals surface area contributed by atoms with Gasteiger partial charge in [-0.25, -0.2) is 13.8 Å². The van der Waals surface area contributed by atoms with Crippen LogP contribution in [0.25, 0.3) is 0 Å². The number of halogens is 2. The monoisotopic (exact) mass is 328 g/mol. The van der Waals surface area contributed by atoms with Gasteiger partial charge in [-0.3, -0.25) is 4.90 Å². The van der Waals surface area contributed by atoms with Crippen LogP contribution in [-0.2, 0) is 6.54 Å². The lowest BCUT2D eigenvalue weighted by molar-refractivity contribution is 0.210. The molecule has 0 aliphatic carbocycles. The Labute approximate surface area is 139 Å². The number of nitrogens with zero attached hydrogens (tertiary/aromatic N) is 3. The van der Waals surface area contributed by atoms with Crippen molar-refractivity contribution < 1.29 is 8.78 Å². The Hall–Kier alpha value is -2.52. The van der Waals surface area contributed by atoms with Crippen molar-refractivity contribution in [1.82, 2.24) is 9.88 Å². The average Bonchev–Trinajstić information content (AvgIpc) is 2.56. The van der Waals surface area contributed by atoms with E-state index >= 15 is 0 Å². The van der Waals surface area contributed by atoms with E-state index in [1.807, 2.05) is 6.07 Å². The van der Waals surface area contributed by atoms with Crippen LogP contribution in [0.5, 0.6) is 0 Å². The second-order valence-electron chi connectivity index (χ2n) is 6.02. The molecule has 1 aliphatic heterocycles. The smallest absolute Gasteiger partial charge is 0.126 e. The number of nitrogens with one attached hydrogen (secondary N) is 1. The lowest BCUT2D eigenvalue weighted by Gasteiger charge is -2.32. The van der Waals surface area contributed by atoms with E-state index < -0.39 is 11.6 Å². The number of benzene rings is 1. The molecule has 6 heteroatoms. The number of hydrogen-bond donors (Lipinski definition) is 1. The first-order chi connectivity index (χ1) is 11.6. The maximum absolute atomic E-state index is 13.2. The fourth-order valence-corrected chi connectivity index (χ4v) is 2.95. The van der Waals surface area contributed by atoms with E-state index in [9.17, 15) is 8.78 Å². The Morgan fingerprint density at radius 3 is 2.46 bits per heavy atom. The van der Waals surface area contributed by atoms with Crippen LogP contribution in [0.15, 0.2) is 36.5 Å². The summed E-state index contributed by atoms with van der Waals surface area (Å²) in [4.78, 5) is 6.41. The van der Waals surface area contributed by atoms with Gasteiger partial charge in [0, 0.05) is 37.9 Å². The third kappa shape index (κ3) is 4.27. The summed E-state index contributed by atoms with van der Waals surface area (Å²) in [7, 11) is 0. The van der Waals surface area contributed by atoms with Gasteiger partial charge in [0.2, 0.25) is 0 Å². The molecule has 0 saturated carbocycles. The molecule has 1 aromatic carbocycles. The molecule has 0 bridgehead atoms. The highest BCUT2D eigenvalue weighted by atomic mass is 19.1. The van der Waals surface area contributed by atoms with E-state index in [1.54, 1.807) is 18.3 Å². The van der Waals surface area contributed by atoms with Gasteiger partial charge >= 0.3 is 0 Å². The Balaban J connectivity index is 1.51. The van der Waals surface area contributed by atoms with E-state index in [0.29, 0.717) is 23.7 Å². The van der Waals surface area contributed by atoms with Crippen LogP contribution < -0.4 is 5.32 Å². The van der Waals surface area contributed by atoms with Gasteiger partial charge in [-0.2, -0.15) is 5.26 Å². The van der Waals surface area contributed by atoms with Crippen molar-refractivity contribution in [2.75, 3.05) is 18.4 Å². The van der Waals surface area contributed by atoms with Crippen LogP contribution in [0.4, 0.5) is 14.6 Å². The minimum absolute atomic E-state index is 0.311. The molecule has 0 radical (unpaired) electrons. The molecule has 0 atom stereocenters. The topological polar surface area (TPSA) is 52.0 Å². The predicted molar refractivity (Wildman–Crippen MR) is 87.2 cm³/mol. The molecule has 1 fully saturated rings. The zero-order valence-corrected chi connectivity index (χ0v) is 13.2. The summed E-state index contributed by atoms with van der Waals surface area (Å²) in [5, 5.41) is 12.1. The molecule has 1 aromatic heterocycles. The fraction of sp³-hybridized carbons (Fsp3) is 0.333. The summed E-state index contributed by atoms with van der Waals surface area (Å²) < 4.78 is 26.5. The maximum atomic E-state index is 13.2. The van der Waals surface area contributed by atoms with Crippen LogP contribution >= 0.6 is 0 Å². The Morgan fingerprint density at radius 1 is 1.17 bits per heavy atom. The van der Waals surface area contributed by atoms with Crippen LogP contribution in [0.3, 0.4) is 0 Å². The Kier molecular flexibility index (Phi) is 5.02. The quantitative estimate of drug-likeness (QED) is 0.935. The van der Waals surface area contributed by atoms with Crippen LogP contribution in [0, 0.1) is 23.0 Å². The maximum Gasteiger partial charge on any atom is 0.126 e. The minimum Gasteiger partial charge on any atom is -0.367 e. The third-order valence-corrected chi connectivity index (χ3v) is 4.16. The molecule has 1 aliphatic rings. The van der Waals surface area contributed by atoms with E-state index in [0.717, 1.165) is 37.8 Å². The molecule has 124 valence electrons. The second kappa shape index (κ2) is 7.37. The molecule has 1 N–H and O–H groups in total. The molecule has 3 rings (SSSR count). The summed E-state index contributed by atoms with van der Waals surface area (Å²) in [6.07, 6.45) is 3.41. The first-order valence-electron chi connectivity index (χ1n) is 7.92. The van der Waals surface area contributed by atoms with Gasteiger partial charge in [0.15, 0.2) is 0 Å². The lowest BCUT2D eigenvalue weighted by atomic mass is 10.0. The van der Waals surface area contributed by atoms with Crippen molar-refractivity contribution >= 4 is 5.82 Å². The highest BCUT2D eigenvalue weighted by Gasteiger charge is 2.19. The number of rotatable bonds is 4. The first kappa shape index (κ1) is 16.3. The van der Waals surface area contributed by atoms with Crippen molar-refractivity contribution in [2.24, 2.45) is 0 Å². The third-order valence-electron chi connectivity index (χ3n) is 4.16. The normalized spacial score (nSPS) is 15.9. The summed E-state index contributed by atoms with van der Waals surface area (Å²) >= 11 is 0. The SMILES string of the molecule is N#Cc1ccc(NC2CCN(Cc3cc(F)cc(F)c3)CC2)nc1. The minimum atomic E-state index is -0.534. The van der Waals surface area contributed by atoms with E-state index in [4.69, 9.17) is 5.26 Å². The van der Waals surface area contributed by atoms with Gasteiger partial charge < -0.3 is 5.32 Å². The van der Waals surface area contributed by atoms with Gasteiger partial charge in [-0.15, -0.1) is 0 Å². The molecule has 0 unspecified atom stereocenters. The summed E-state index contributed by atoms with van der Waals surface area (Å²) in [6, 6.07) is 9.56. The average molecular weight is 328 g/mol. The van der Waals surface area contributed by atoms with Gasteiger partial charge in [0.05, 0.1) is 5.56 Å². The standard InChI is InChI=1S/C18H18F2N4/c19-15-7-14(8-16(20)9-15)12-24-5-3-17(4-6-24)23-18-2-1-13(10-21)11-22-18/h1-2,7-9,11,17H,3-6,12H2,(H,22,23). The number of anilines is 1. The predicted octanol–water partition coefficient (Wildman–Crippen LogP) is 3.31. The van der Waals surface area contributed by atoms with Gasteiger partial charge in [-0.1, -0.05) is 0 Å². The van der Waals surface area contributed by atoms with Crippen LogP contribution in [0.1, 0.15) is 24.0 Å². The molecule has 0 spiro atoms. The zero-order valence-electron chi connectivity index (χ0n) is 13.2. The summed E-state index contributed by atoms with van der Waals surface area (Å²) in [6.45, 7) is 2.26. The number of likely N-dealkylation sites (tertiary alicyclic amines) is 1. The first-order valence-corrected chi connectivity index (χ1v) is 7.92. The molecule has 24 heavy (non-hydrogen) atoms. The van der Waals surface area contributed by atoms with E-state index in [2.05, 4.69) is 15.2 Å². The van der Waals surface area contributed by atoms with Gasteiger partial charge in [0.1, 0.15) is 23.5 Å². The second-order valence-corrected chi connectivity index (χ2v) is 6.02. The Bertz CT molecular complexity index is 711. The number of aromatic nitrogens is 1. The lowest BCUT2D eigenvalue weighted by Crippen LogP contribution is -2.38. The van der Waals surface area contributed by atoms with Gasteiger partial charge in [0.25, 0.3) is 0 Å². The molecular weight excluding hydrogens is 310 g/mol. The van der Waals surface area contributed by atoms with E-state index in [-0.39, 0.29) is 0 Å². The number of pyridine rings is 1. The fourth-order valence-electron chi connectivity index (χ4n) is 2.95. The van der Waals surface area contributed by atoms with Crippen molar-refractivity contribution in [3.05, 3.63) is 59.3 Å². The molecular formula is C18H18F2N4. The van der Waals surface area contributed by atoms with Crippen molar-refractivity contribution in [3.8, 4) is 6.07 Å². The Morgan fingerprint density at radius 2 is 1.88 bits per heavy atom. The highest BCUT2D eigenvalue weighted by molar-refractivity contribution is 5.39.